The molecular weight excluding hydrogens is 376 g/mol. The highest BCUT2D eigenvalue weighted by atomic mass is 35.5. The van der Waals surface area contributed by atoms with Crippen LogP contribution in [0.5, 0.6) is 0 Å². The molecule has 0 aliphatic heterocycles. The first-order valence-electron chi connectivity index (χ1n) is 9.22. The molecule has 2 aromatic carbocycles. The van der Waals surface area contributed by atoms with E-state index in [0.717, 1.165) is 27.1 Å². The van der Waals surface area contributed by atoms with Crippen LogP contribution >= 0.6 is 23.4 Å². The summed E-state index contributed by atoms with van der Waals surface area (Å²) in [5.41, 5.74) is 3.53. The largest absolute Gasteiger partial charge is 0.389 e. The molecule has 0 radical (unpaired) electrons. The minimum absolute atomic E-state index is 0.385. The molecule has 0 amide bonds. The zero-order valence-electron chi connectivity index (χ0n) is 16.5. The van der Waals surface area contributed by atoms with Gasteiger partial charge in [0.05, 0.1) is 18.2 Å². The number of thioether (sulfide) groups is 1. The van der Waals surface area contributed by atoms with Crippen molar-refractivity contribution in [3.05, 3.63) is 75.4 Å². The van der Waals surface area contributed by atoms with E-state index >= 15 is 0 Å². The van der Waals surface area contributed by atoms with Gasteiger partial charge in [-0.3, -0.25) is 0 Å². The van der Waals surface area contributed by atoms with Crippen molar-refractivity contribution < 1.29 is 4.74 Å². The van der Waals surface area contributed by atoms with E-state index in [0.29, 0.717) is 19.1 Å². The average molecular weight is 405 g/mol. The van der Waals surface area contributed by atoms with Crippen molar-refractivity contribution in [2.45, 2.75) is 32.3 Å². The quantitative estimate of drug-likeness (QED) is 0.399. The third kappa shape index (κ3) is 7.49. The summed E-state index contributed by atoms with van der Waals surface area (Å²) in [5, 5.41) is 8.75. The van der Waals surface area contributed by atoms with Crippen LogP contribution in [0, 0.1) is 12.8 Å². The predicted molar refractivity (Wildman–Crippen MR) is 117 cm³/mol. The Morgan fingerprint density at radius 3 is 2.52 bits per heavy atom. The van der Waals surface area contributed by atoms with E-state index in [1.54, 1.807) is 11.8 Å². The molecule has 0 aliphatic rings. The number of nitrogens with one attached hydrogen (secondary N) is 2. The van der Waals surface area contributed by atoms with E-state index in [1.807, 2.05) is 37.4 Å². The maximum Gasteiger partial charge on any atom is 0.0926 e. The molecule has 3 nitrogen and oxygen atoms in total. The molecule has 0 bridgehead atoms. The smallest absolute Gasteiger partial charge is 0.0926 e. The van der Waals surface area contributed by atoms with Crippen LogP contribution in [0.15, 0.2) is 64.2 Å². The highest BCUT2D eigenvalue weighted by Gasteiger charge is 2.12. The molecule has 2 aromatic rings. The van der Waals surface area contributed by atoms with Gasteiger partial charge in [0.25, 0.3) is 0 Å². The fraction of sp³-hybridized carbons (Fsp3) is 0.364. The molecule has 5 heteroatoms. The van der Waals surface area contributed by atoms with Crippen molar-refractivity contribution in [2.24, 2.45) is 5.92 Å². The second kappa shape index (κ2) is 11.3. The van der Waals surface area contributed by atoms with Crippen LogP contribution in [-0.2, 0) is 11.3 Å². The molecule has 0 saturated heterocycles. The molecule has 0 aliphatic carbocycles. The van der Waals surface area contributed by atoms with E-state index in [9.17, 15) is 0 Å². The van der Waals surface area contributed by atoms with Crippen LogP contribution in [-0.4, -0.2) is 20.2 Å². The Hall–Kier alpha value is -1.62. The Labute approximate surface area is 172 Å². The fourth-order valence-electron chi connectivity index (χ4n) is 2.73. The van der Waals surface area contributed by atoms with Crippen LogP contribution in [0.2, 0.25) is 5.02 Å². The van der Waals surface area contributed by atoms with Crippen LogP contribution in [0.3, 0.4) is 0 Å². The fourth-order valence-corrected chi connectivity index (χ4v) is 4.37. The maximum absolute atomic E-state index is 6.23. The Bertz CT molecular complexity index is 727. The molecule has 0 aromatic heterocycles. The Morgan fingerprint density at radius 2 is 1.89 bits per heavy atom. The first-order chi connectivity index (χ1) is 13.0. The van der Waals surface area contributed by atoms with Crippen molar-refractivity contribution in [2.75, 3.05) is 20.2 Å². The molecule has 2 N–H and O–H groups in total. The number of rotatable bonds is 10. The number of hydrogen-bond acceptors (Lipinski definition) is 4. The summed E-state index contributed by atoms with van der Waals surface area (Å²) in [5.74, 6) is 0.385. The first kappa shape index (κ1) is 21.7. The number of halogens is 1. The molecule has 0 spiro atoms. The second-order valence-corrected chi connectivity index (χ2v) is 8.20. The van der Waals surface area contributed by atoms with E-state index in [-0.39, 0.29) is 0 Å². The SMILES string of the molecule is CN/C(=C(\NCCOCc1ccccc1)Sc1cc(C)cc(Cl)c1)C(C)C. The number of hydrogen-bond donors (Lipinski definition) is 2. The van der Waals surface area contributed by atoms with E-state index in [2.05, 4.69) is 49.6 Å². The molecule has 0 heterocycles. The van der Waals surface area contributed by atoms with E-state index < -0.39 is 0 Å². The molecule has 0 fully saturated rings. The van der Waals surface area contributed by atoms with Gasteiger partial charge in [-0.25, -0.2) is 0 Å². The third-order valence-corrected chi connectivity index (χ3v) is 5.23. The number of ether oxygens (including phenoxy) is 1. The van der Waals surface area contributed by atoms with Crippen molar-refractivity contribution >= 4 is 23.4 Å². The Kier molecular flexibility index (Phi) is 9.05. The maximum atomic E-state index is 6.23. The van der Waals surface area contributed by atoms with Gasteiger partial charge in [-0.1, -0.05) is 67.5 Å². The Balaban J connectivity index is 1.98. The Morgan fingerprint density at radius 1 is 1.15 bits per heavy atom. The van der Waals surface area contributed by atoms with E-state index in [4.69, 9.17) is 16.3 Å². The van der Waals surface area contributed by atoms with Gasteiger partial charge in [-0.05, 0) is 42.2 Å². The first-order valence-corrected chi connectivity index (χ1v) is 10.4. The van der Waals surface area contributed by atoms with Crippen LogP contribution < -0.4 is 10.6 Å². The molecule has 0 atom stereocenters. The third-order valence-electron chi connectivity index (χ3n) is 3.97. The summed E-state index contributed by atoms with van der Waals surface area (Å²) in [6.07, 6.45) is 0. The van der Waals surface area contributed by atoms with Crippen molar-refractivity contribution in [3.63, 3.8) is 0 Å². The van der Waals surface area contributed by atoms with E-state index in [1.165, 1.54) is 11.3 Å². The molecule has 0 saturated carbocycles. The standard InChI is InChI=1S/C22H29ClN2OS/c1-16(2)21(24-4)22(27-20-13-17(3)12-19(23)14-20)25-10-11-26-15-18-8-6-5-7-9-18/h5-9,12-14,16,24-25H,10-11,15H2,1-4H3/b22-21+. The summed E-state index contributed by atoms with van der Waals surface area (Å²) in [4.78, 5) is 1.13. The van der Waals surface area contributed by atoms with Crippen LogP contribution in [0.4, 0.5) is 0 Å². The highest BCUT2D eigenvalue weighted by molar-refractivity contribution is 8.03. The summed E-state index contributed by atoms with van der Waals surface area (Å²) in [6, 6.07) is 16.4. The van der Waals surface area contributed by atoms with Crippen molar-refractivity contribution in [3.8, 4) is 0 Å². The minimum atomic E-state index is 0.385. The monoisotopic (exact) mass is 404 g/mol. The number of allylic oxidation sites excluding steroid dienone is 1. The molecule has 2 rings (SSSR count). The topological polar surface area (TPSA) is 33.3 Å². The zero-order valence-corrected chi connectivity index (χ0v) is 18.1. The molecule has 146 valence electrons. The van der Waals surface area contributed by atoms with Crippen LogP contribution in [0.25, 0.3) is 0 Å². The van der Waals surface area contributed by atoms with Gasteiger partial charge < -0.3 is 15.4 Å². The lowest BCUT2D eigenvalue weighted by molar-refractivity contribution is 0.124. The predicted octanol–water partition coefficient (Wildman–Crippen LogP) is 5.59. The van der Waals surface area contributed by atoms with Crippen molar-refractivity contribution in [1.82, 2.24) is 10.6 Å². The molecule has 27 heavy (non-hydrogen) atoms. The lowest BCUT2D eigenvalue weighted by Gasteiger charge is -2.19. The van der Waals surface area contributed by atoms with Gasteiger partial charge in [0.1, 0.15) is 0 Å². The van der Waals surface area contributed by atoms with Gasteiger partial charge in [0.15, 0.2) is 0 Å². The van der Waals surface area contributed by atoms with Crippen LogP contribution in [0.1, 0.15) is 25.0 Å². The second-order valence-electron chi connectivity index (χ2n) is 6.68. The molecule has 0 unspecified atom stereocenters. The average Bonchev–Trinajstić information content (AvgIpc) is 2.61. The normalized spacial score (nSPS) is 12.1. The van der Waals surface area contributed by atoms with Gasteiger partial charge in [0.2, 0.25) is 0 Å². The van der Waals surface area contributed by atoms with Gasteiger partial charge >= 0.3 is 0 Å². The number of benzene rings is 2. The summed E-state index contributed by atoms with van der Waals surface area (Å²) in [6.45, 7) is 8.44. The van der Waals surface area contributed by atoms with Gasteiger partial charge in [-0.2, -0.15) is 0 Å². The lowest BCUT2D eigenvalue weighted by Crippen LogP contribution is -2.24. The van der Waals surface area contributed by atoms with Crippen molar-refractivity contribution in [1.29, 1.82) is 0 Å². The number of aryl methyl sites for hydroxylation is 1. The molecular formula is C22H29ClN2OS. The highest BCUT2D eigenvalue weighted by Crippen LogP contribution is 2.31. The summed E-state index contributed by atoms with van der Waals surface area (Å²) >= 11 is 7.93. The van der Waals surface area contributed by atoms with Gasteiger partial charge in [0, 0.05) is 29.2 Å². The lowest BCUT2D eigenvalue weighted by atomic mass is 10.1. The summed E-state index contributed by atoms with van der Waals surface area (Å²) in [7, 11) is 1.96. The zero-order chi connectivity index (χ0) is 19.6. The minimum Gasteiger partial charge on any atom is -0.389 e. The van der Waals surface area contributed by atoms with Gasteiger partial charge in [-0.15, -0.1) is 0 Å². The summed E-state index contributed by atoms with van der Waals surface area (Å²) < 4.78 is 5.80.